The van der Waals surface area contributed by atoms with Gasteiger partial charge in [0.1, 0.15) is 6.33 Å². The number of nitrogens with one attached hydrogen (secondary N) is 2. The predicted molar refractivity (Wildman–Crippen MR) is 76.8 cm³/mol. The standard InChI is InChI=1S/C10H16N8OS/c1-7(5-20(2)19)13-8-14-9(17-11)16-10(15-8)18-4-3-12-6-18/h3-4,6-7H,5,11H2,1-2H3,(H2,13,14,15,16,17). The number of nitrogen functional groups attached to an aromatic ring is 1. The minimum atomic E-state index is -0.901. The summed E-state index contributed by atoms with van der Waals surface area (Å²) < 4.78 is 12.8. The molecule has 0 fully saturated rings. The van der Waals surface area contributed by atoms with Crippen molar-refractivity contribution in [1.82, 2.24) is 24.5 Å². The molecule has 9 nitrogen and oxygen atoms in total. The monoisotopic (exact) mass is 296 g/mol. The van der Waals surface area contributed by atoms with Gasteiger partial charge in [-0.2, -0.15) is 15.0 Å². The van der Waals surface area contributed by atoms with Crippen molar-refractivity contribution in [2.24, 2.45) is 5.84 Å². The fourth-order valence-corrected chi connectivity index (χ4v) is 2.39. The van der Waals surface area contributed by atoms with E-state index in [9.17, 15) is 4.21 Å². The van der Waals surface area contributed by atoms with Gasteiger partial charge in [-0.3, -0.25) is 14.2 Å². The molecule has 108 valence electrons. The molecule has 0 aliphatic carbocycles. The van der Waals surface area contributed by atoms with Crippen molar-refractivity contribution in [3.05, 3.63) is 18.7 Å². The smallest absolute Gasteiger partial charge is 0.243 e. The molecule has 0 saturated carbocycles. The minimum absolute atomic E-state index is 0.0375. The van der Waals surface area contributed by atoms with Gasteiger partial charge in [0.15, 0.2) is 0 Å². The van der Waals surface area contributed by atoms with E-state index in [1.807, 2.05) is 6.92 Å². The molecule has 0 aliphatic rings. The Morgan fingerprint density at radius 2 is 2.15 bits per heavy atom. The first kappa shape index (κ1) is 14.3. The molecule has 2 unspecified atom stereocenters. The summed E-state index contributed by atoms with van der Waals surface area (Å²) in [7, 11) is -0.901. The Kier molecular flexibility index (Phi) is 4.58. The van der Waals surface area contributed by atoms with E-state index in [1.165, 1.54) is 0 Å². The van der Waals surface area contributed by atoms with E-state index in [1.54, 1.807) is 29.5 Å². The van der Waals surface area contributed by atoms with Gasteiger partial charge in [-0.1, -0.05) is 0 Å². The Bertz CT molecular complexity index is 587. The fraction of sp³-hybridized carbons (Fsp3) is 0.400. The molecule has 2 aromatic heterocycles. The predicted octanol–water partition coefficient (Wildman–Crippen LogP) is -0.478. The summed E-state index contributed by atoms with van der Waals surface area (Å²) in [6, 6.07) is -0.0375. The number of aromatic nitrogens is 5. The molecule has 0 radical (unpaired) electrons. The Balaban J connectivity index is 2.24. The summed E-state index contributed by atoms with van der Waals surface area (Å²) in [6.07, 6.45) is 6.55. The highest BCUT2D eigenvalue weighted by molar-refractivity contribution is 7.84. The minimum Gasteiger partial charge on any atom is -0.351 e. The van der Waals surface area contributed by atoms with E-state index in [-0.39, 0.29) is 12.0 Å². The Labute approximate surface area is 118 Å². The molecule has 0 aliphatic heterocycles. The highest BCUT2D eigenvalue weighted by atomic mass is 32.2. The second-order valence-electron chi connectivity index (χ2n) is 4.18. The molecule has 2 heterocycles. The van der Waals surface area contributed by atoms with Crippen LogP contribution in [-0.2, 0) is 10.8 Å². The summed E-state index contributed by atoms with van der Waals surface area (Å²) in [5.41, 5.74) is 2.39. The number of rotatable bonds is 6. The van der Waals surface area contributed by atoms with E-state index >= 15 is 0 Å². The van der Waals surface area contributed by atoms with Crippen molar-refractivity contribution in [3.63, 3.8) is 0 Å². The van der Waals surface area contributed by atoms with E-state index in [0.29, 0.717) is 17.6 Å². The zero-order chi connectivity index (χ0) is 14.5. The number of nitrogens with zero attached hydrogens (tertiary/aromatic N) is 5. The lowest BCUT2D eigenvalue weighted by Crippen LogP contribution is -2.25. The van der Waals surface area contributed by atoms with E-state index < -0.39 is 10.8 Å². The van der Waals surface area contributed by atoms with Crippen molar-refractivity contribution in [2.75, 3.05) is 22.8 Å². The molecule has 2 aromatic rings. The van der Waals surface area contributed by atoms with Crippen LogP contribution in [-0.4, -0.2) is 46.8 Å². The molecule has 0 aromatic carbocycles. The van der Waals surface area contributed by atoms with Gasteiger partial charge in [-0.05, 0) is 6.92 Å². The zero-order valence-corrected chi connectivity index (χ0v) is 12.0. The molecule has 0 amide bonds. The quantitative estimate of drug-likeness (QED) is 0.482. The van der Waals surface area contributed by atoms with Gasteiger partial charge in [-0.15, -0.1) is 0 Å². The lowest BCUT2D eigenvalue weighted by Gasteiger charge is -2.13. The number of hydrogen-bond acceptors (Lipinski definition) is 8. The number of anilines is 2. The van der Waals surface area contributed by atoms with Gasteiger partial charge in [0.05, 0.1) is 0 Å². The third kappa shape index (κ3) is 3.71. The van der Waals surface area contributed by atoms with Crippen LogP contribution in [0.25, 0.3) is 5.95 Å². The molecule has 0 saturated heterocycles. The Morgan fingerprint density at radius 3 is 2.75 bits per heavy atom. The summed E-state index contributed by atoms with van der Waals surface area (Å²) in [5.74, 6) is 6.82. The molecule has 20 heavy (non-hydrogen) atoms. The van der Waals surface area contributed by atoms with Crippen molar-refractivity contribution in [3.8, 4) is 5.95 Å². The van der Waals surface area contributed by atoms with Gasteiger partial charge >= 0.3 is 0 Å². The van der Waals surface area contributed by atoms with Gasteiger partial charge < -0.3 is 5.32 Å². The maximum Gasteiger partial charge on any atom is 0.243 e. The molecular formula is C10H16N8OS. The molecule has 2 atom stereocenters. The molecule has 0 spiro atoms. The maximum atomic E-state index is 11.2. The van der Waals surface area contributed by atoms with Gasteiger partial charge in [0.25, 0.3) is 0 Å². The van der Waals surface area contributed by atoms with E-state index in [4.69, 9.17) is 5.84 Å². The first-order valence-electron chi connectivity index (χ1n) is 5.86. The summed E-state index contributed by atoms with van der Waals surface area (Å²) in [6.45, 7) is 1.90. The van der Waals surface area contributed by atoms with Gasteiger partial charge in [0, 0.05) is 41.2 Å². The molecule has 2 rings (SSSR count). The lowest BCUT2D eigenvalue weighted by atomic mass is 10.4. The van der Waals surface area contributed by atoms with Crippen LogP contribution in [0.1, 0.15) is 6.92 Å². The fourth-order valence-electron chi connectivity index (χ4n) is 1.60. The van der Waals surface area contributed by atoms with Gasteiger partial charge in [0.2, 0.25) is 17.8 Å². The average Bonchev–Trinajstić information content (AvgIpc) is 2.91. The Hall–Kier alpha value is -2.07. The number of hydrazine groups is 1. The number of hydrogen-bond donors (Lipinski definition) is 3. The maximum absolute atomic E-state index is 11.2. The van der Waals surface area contributed by atoms with Crippen molar-refractivity contribution in [2.45, 2.75) is 13.0 Å². The van der Waals surface area contributed by atoms with Crippen LogP contribution >= 0.6 is 0 Å². The summed E-state index contributed by atoms with van der Waals surface area (Å²) >= 11 is 0. The van der Waals surface area contributed by atoms with Crippen LogP contribution in [0.2, 0.25) is 0 Å². The first-order chi connectivity index (χ1) is 9.58. The van der Waals surface area contributed by atoms with Crippen molar-refractivity contribution in [1.29, 1.82) is 0 Å². The zero-order valence-electron chi connectivity index (χ0n) is 11.1. The largest absolute Gasteiger partial charge is 0.351 e. The highest BCUT2D eigenvalue weighted by Crippen LogP contribution is 2.09. The van der Waals surface area contributed by atoms with Crippen LogP contribution in [0.3, 0.4) is 0 Å². The molecule has 10 heteroatoms. The van der Waals surface area contributed by atoms with Crippen molar-refractivity contribution >= 4 is 22.7 Å². The number of nitrogens with two attached hydrogens (primary N) is 1. The third-order valence-electron chi connectivity index (χ3n) is 2.35. The lowest BCUT2D eigenvalue weighted by molar-refractivity contribution is 0.682. The summed E-state index contributed by atoms with van der Waals surface area (Å²) in [5, 5.41) is 3.07. The highest BCUT2D eigenvalue weighted by Gasteiger charge is 2.10. The average molecular weight is 296 g/mol. The van der Waals surface area contributed by atoms with Crippen LogP contribution in [0.5, 0.6) is 0 Å². The van der Waals surface area contributed by atoms with Crippen LogP contribution in [0.4, 0.5) is 11.9 Å². The van der Waals surface area contributed by atoms with Crippen LogP contribution in [0, 0.1) is 0 Å². The topological polar surface area (TPSA) is 124 Å². The third-order valence-corrected chi connectivity index (χ3v) is 3.32. The molecule has 4 N–H and O–H groups in total. The van der Waals surface area contributed by atoms with E-state index in [2.05, 4.69) is 30.7 Å². The second kappa shape index (κ2) is 6.39. The van der Waals surface area contributed by atoms with Gasteiger partial charge in [-0.25, -0.2) is 10.8 Å². The normalized spacial score (nSPS) is 13.8. The van der Waals surface area contributed by atoms with Crippen molar-refractivity contribution < 1.29 is 4.21 Å². The Morgan fingerprint density at radius 1 is 1.40 bits per heavy atom. The van der Waals surface area contributed by atoms with E-state index in [0.717, 1.165) is 0 Å². The number of imidazole rings is 1. The van der Waals surface area contributed by atoms with Crippen LogP contribution < -0.4 is 16.6 Å². The molecule has 0 bridgehead atoms. The first-order valence-corrected chi connectivity index (χ1v) is 7.59. The summed E-state index contributed by atoms with van der Waals surface area (Å²) in [4.78, 5) is 16.4. The second-order valence-corrected chi connectivity index (χ2v) is 5.66. The SMILES string of the molecule is CC(CS(C)=O)Nc1nc(NN)nc(-n2ccnc2)n1. The molecular weight excluding hydrogens is 280 g/mol. The van der Waals surface area contributed by atoms with Crippen LogP contribution in [0.15, 0.2) is 18.7 Å².